The number of hydrogen-bond donors (Lipinski definition) is 0. The van der Waals surface area contributed by atoms with Crippen LogP contribution in [0.15, 0.2) is 138 Å². The lowest BCUT2D eigenvalue weighted by Gasteiger charge is -2.19. The van der Waals surface area contributed by atoms with Gasteiger partial charge < -0.3 is 4.42 Å². The number of para-hydroxylation sites is 2. The van der Waals surface area contributed by atoms with Crippen molar-refractivity contribution in [1.82, 2.24) is 14.5 Å². The molecule has 9 rings (SSSR count). The summed E-state index contributed by atoms with van der Waals surface area (Å²) in [5.41, 5.74) is 9.37. The molecule has 0 aliphatic carbocycles. The fourth-order valence-corrected chi connectivity index (χ4v) is 6.91. The average molecular weight is 594 g/mol. The molecule has 0 saturated carbocycles. The number of furan rings is 1. The second-order valence-electron chi connectivity index (χ2n) is 13.1. The van der Waals surface area contributed by atoms with Gasteiger partial charge in [0.15, 0.2) is 0 Å². The first kappa shape index (κ1) is 26.6. The van der Waals surface area contributed by atoms with Crippen molar-refractivity contribution in [3.8, 4) is 28.3 Å². The van der Waals surface area contributed by atoms with Crippen molar-refractivity contribution < 1.29 is 4.42 Å². The van der Waals surface area contributed by atoms with Gasteiger partial charge in [-0.3, -0.25) is 4.57 Å². The maximum absolute atomic E-state index is 6.36. The normalized spacial score (nSPS) is 12.2. The molecular formula is C42H31N3O. The fraction of sp³-hybridized carbons (Fsp3) is 0.0952. The van der Waals surface area contributed by atoms with Crippen molar-refractivity contribution in [2.75, 3.05) is 0 Å². The molecule has 0 bridgehead atoms. The largest absolute Gasteiger partial charge is 0.455 e. The lowest BCUT2D eigenvalue weighted by Crippen LogP contribution is -2.10. The Kier molecular flexibility index (Phi) is 5.72. The predicted octanol–water partition coefficient (Wildman–Crippen LogP) is 11.3. The van der Waals surface area contributed by atoms with E-state index in [-0.39, 0.29) is 5.41 Å². The van der Waals surface area contributed by atoms with E-state index in [1.165, 1.54) is 27.1 Å². The van der Waals surface area contributed by atoms with Crippen LogP contribution in [0.4, 0.5) is 0 Å². The first-order valence-corrected chi connectivity index (χ1v) is 15.7. The van der Waals surface area contributed by atoms with Crippen LogP contribution in [0.1, 0.15) is 26.3 Å². The SMILES string of the molecule is CC(C)(C)c1ccc2c(c1)c1c3ccccc3ccc1n2-c1nccc(-c2cccc(-c3cccc4c3oc3ccccc34)c2)n1. The number of benzene rings is 6. The molecule has 0 unspecified atom stereocenters. The Morgan fingerprint density at radius 2 is 1.37 bits per heavy atom. The molecule has 0 atom stereocenters. The highest BCUT2D eigenvalue weighted by molar-refractivity contribution is 6.21. The smallest absolute Gasteiger partial charge is 0.235 e. The average Bonchev–Trinajstić information content (AvgIpc) is 3.64. The Bertz CT molecular complexity index is 2630. The number of fused-ring (bicyclic) bond motifs is 8. The second kappa shape index (κ2) is 9.88. The van der Waals surface area contributed by atoms with Crippen molar-refractivity contribution >= 4 is 54.5 Å². The zero-order valence-corrected chi connectivity index (χ0v) is 26.0. The topological polar surface area (TPSA) is 43.9 Å². The minimum Gasteiger partial charge on any atom is -0.455 e. The maximum Gasteiger partial charge on any atom is 0.235 e. The molecule has 46 heavy (non-hydrogen) atoms. The molecule has 0 amide bonds. The molecule has 0 saturated heterocycles. The van der Waals surface area contributed by atoms with Gasteiger partial charge in [-0.05, 0) is 63.7 Å². The Hall–Kier alpha value is -5.74. The molecule has 0 aliphatic rings. The summed E-state index contributed by atoms with van der Waals surface area (Å²) < 4.78 is 8.58. The highest BCUT2D eigenvalue weighted by Gasteiger charge is 2.21. The molecule has 0 spiro atoms. The summed E-state index contributed by atoms with van der Waals surface area (Å²) in [4.78, 5) is 10.0. The zero-order valence-electron chi connectivity index (χ0n) is 26.0. The summed E-state index contributed by atoms with van der Waals surface area (Å²) in [7, 11) is 0. The van der Waals surface area contributed by atoms with Crippen LogP contribution in [0.3, 0.4) is 0 Å². The lowest BCUT2D eigenvalue weighted by molar-refractivity contribution is 0.591. The molecule has 0 fully saturated rings. The Morgan fingerprint density at radius 1 is 0.609 bits per heavy atom. The van der Waals surface area contributed by atoms with Crippen molar-refractivity contribution in [3.05, 3.63) is 139 Å². The van der Waals surface area contributed by atoms with Gasteiger partial charge in [-0.1, -0.05) is 112 Å². The number of nitrogens with zero attached hydrogens (tertiary/aromatic N) is 3. The van der Waals surface area contributed by atoms with Crippen LogP contribution in [-0.4, -0.2) is 14.5 Å². The Labute approximate surface area is 266 Å². The highest BCUT2D eigenvalue weighted by atomic mass is 16.3. The highest BCUT2D eigenvalue weighted by Crippen LogP contribution is 2.39. The van der Waals surface area contributed by atoms with Crippen LogP contribution in [0.5, 0.6) is 0 Å². The Balaban J connectivity index is 1.23. The lowest BCUT2D eigenvalue weighted by atomic mass is 9.86. The van der Waals surface area contributed by atoms with Gasteiger partial charge in [-0.15, -0.1) is 0 Å². The van der Waals surface area contributed by atoms with Crippen LogP contribution in [0.25, 0.3) is 82.8 Å². The Morgan fingerprint density at radius 3 is 2.26 bits per heavy atom. The van der Waals surface area contributed by atoms with Crippen molar-refractivity contribution in [3.63, 3.8) is 0 Å². The summed E-state index contributed by atoms with van der Waals surface area (Å²) in [6, 6.07) is 45.0. The van der Waals surface area contributed by atoms with Gasteiger partial charge in [0.05, 0.1) is 16.7 Å². The van der Waals surface area contributed by atoms with Gasteiger partial charge in [0.25, 0.3) is 0 Å². The standard InChI is InChI=1S/C42H31N3O/c1-42(2,3)29-19-21-36-34(25-29)39-30-13-5-4-10-26(30)18-20-37(39)45(36)41-43-23-22-35(44-41)28-12-8-11-27(24-28)31-15-9-16-33-32-14-6-7-17-38(32)46-40(31)33/h4-25H,1-3H3. The van der Waals surface area contributed by atoms with Crippen LogP contribution in [-0.2, 0) is 5.41 Å². The van der Waals surface area contributed by atoms with Gasteiger partial charge in [-0.2, -0.15) is 0 Å². The molecule has 3 heterocycles. The van der Waals surface area contributed by atoms with Crippen LogP contribution < -0.4 is 0 Å². The quantitative estimate of drug-likeness (QED) is 0.205. The molecule has 3 aromatic heterocycles. The van der Waals surface area contributed by atoms with Crippen LogP contribution in [0.2, 0.25) is 0 Å². The van der Waals surface area contributed by atoms with Gasteiger partial charge in [0, 0.05) is 38.9 Å². The van der Waals surface area contributed by atoms with Gasteiger partial charge in [-0.25, -0.2) is 9.97 Å². The van der Waals surface area contributed by atoms with E-state index in [1.54, 1.807) is 0 Å². The van der Waals surface area contributed by atoms with E-state index in [0.29, 0.717) is 5.95 Å². The monoisotopic (exact) mass is 593 g/mol. The number of hydrogen-bond acceptors (Lipinski definition) is 3. The van der Waals surface area contributed by atoms with E-state index in [4.69, 9.17) is 14.4 Å². The van der Waals surface area contributed by atoms with Gasteiger partial charge in [0.2, 0.25) is 5.95 Å². The molecule has 0 radical (unpaired) electrons. The molecule has 6 aromatic carbocycles. The third-order valence-electron chi connectivity index (χ3n) is 9.24. The maximum atomic E-state index is 6.36. The fourth-order valence-electron chi connectivity index (χ4n) is 6.91. The van der Waals surface area contributed by atoms with Crippen LogP contribution >= 0.6 is 0 Å². The molecule has 220 valence electrons. The minimum absolute atomic E-state index is 0.0291. The number of rotatable bonds is 3. The number of aromatic nitrogens is 3. The predicted molar refractivity (Wildman–Crippen MR) is 191 cm³/mol. The zero-order chi connectivity index (χ0) is 31.0. The molecule has 9 aromatic rings. The van der Waals surface area contributed by atoms with Gasteiger partial charge in [0.1, 0.15) is 11.2 Å². The van der Waals surface area contributed by atoms with Crippen LogP contribution in [0, 0.1) is 0 Å². The van der Waals surface area contributed by atoms with Crippen molar-refractivity contribution in [2.45, 2.75) is 26.2 Å². The minimum atomic E-state index is 0.0291. The van der Waals surface area contributed by atoms with E-state index in [1.807, 2.05) is 24.4 Å². The van der Waals surface area contributed by atoms with E-state index in [2.05, 4.69) is 135 Å². The summed E-state index contributed by atoms with van der Waals surface area (Å²) in [5.74, 6) is 0.654. The summed E-state index contributed by atoms with van der Waals surface area (Å²) in [5, 5.41) is 7.16. The summed E-state index contributed by atoms with van der Waals surface area (Å²) in [6.45, 7) is 6.79. The molecule has 4 nitrogen and oxygen atoms in total. The van der Waals surface area contributed by atoms with E-state index in [9.17, 15) is 0 Å². The van der Waals surface area contributed by atoms with Crippen molar-refractivity contribution in [1.29, 1.82) is 0 Å². The van der Waals surface area contributed by atoms with E-state index in [0.717, 1.165) is 55.4 Å². The third-order valence-corrected chi connectivity index (χ3v) is 9.24. The van der Waals surface area contributed by atoms with E-state index < -0.39 is 0 Å². The van der Waals surface area contributed by atoms with Gasteiger partial charge >= 0.3 is 0 Å². The first-order chi connectivity index (χ1) is 22.4. The molecule has 4 heteroatoms. The third kappa shape index (κ3) is 4.07. The summed E-state index contributed by atoms with van der Waals surface area (Å²) >= 11 is 0. The second-order valence-corrected chi connectivity index (χ2v) is 13.1. The van der Waals surface area contributed by atoms with Crippen molar-refractivity contribution in [2.24, 2.45) is 0 Å². The summed E-state index contributed by atoms with van der Waals surface area (Å²) in [6.07, 6.45) is 1.87. The molecule has 0 N–H and O–H groups in total. The molecular weight excluding hydrogens is 562 g/mol. The van der Waals surface area contributed by atoms with E-state index >= 15 is 0 Å². The molecule has 0 aliphatic heterocycles. The first-order valence-electron chi connectivity index (χ1n) is 15.7.